The molecule has 1 aromatic carbocycles. The molecule has 1 unspecified atom stereocenters. The smallest absolute Gasteiger partial charge is 0.268 e. The fraction of sp³-hybridized carbons (Fsp3) is 0.350. The van der Waals surface area contributed by atoms with Gasteiger partial charge in [-0.3, -0.25) is 14.5 Å². The zero-order valence-corrected chi connectivity index (χ0v) is 16.8. The highest BCUT2D eigenvalue weighted by Crippen LogP contribution is 2.38. The molecule has 0 bridgehead atoms. The molecule has 1 aliphatic heterocycles. The second-order valence-corrected chi connectivity index (χ2v) is 8.41. The predicted octanol–water partition coefficient (Wildman–Crippen LogP) is 3.90. The Morgan fingerprint density at radius 3 is 3.00 bits per heavy atom. The summed E-state index contributed by atoms with van der Waals surface area (Å²) in [5.74, 6) is -0.159. The summed E-state index contributed by atoms with van der Waals surface area (Å²) in [5.41, 5.74) is 2.08. The lowest BCUT2D eigenvalue weighted by atomic mass is 9.96. The Hall–Kier alpha value is -2.56. The van der Waals surface area contributed by atoms with Crippen molar-refractivity contribution in [2.45, 2.75) is 38.7 Å². The van der Waals surface area contributed by atoms with E-state index in [0.29, 0.717) is 27.0 Å². The minimum atomic E-state index is -0.690. The molecule has 144 valence electrons. The Kier molecular flexibility index (Phi) is 5.00. The molecule has 1 aliphatic carbocycles. The van der Waals surface area contributed by atoms with Crippen LogP contribution in [0, 0.1) is 11.3 Å². The van der Waals surface area contributed by atoms with Gasteiger partial charge < -0.3 is 10.1 Å². The fourth-order valence-corrected chi connectivity index (χ4v) is 5.05. The fourth-order valence-electron chi connectivity index (χ4n) is 3.63. The van der Waals surface area contributed by atoms with Crippen molar-refractivity contribution >= 4 is 45.4 Å². The van der Waals surface area contributed by atoms with Crippen LogP contribution in [-0.4, -0.2) is 24.5 Å². The number of nitrogens with zero attached hydrogens (tertiary/aromatic N) is 2. The number of anilines is 2. The van der Waals surface area contributed by atoms with Crippen LogP contribution in [0.1, 0.15) is 35.8 Å². The molecule has 2 aliphatic rings. The van der Waals surface area contributed by atoms with Gasteiger partial charge in [-0.2, -0.15) is 5.26 Å². The van der Waals surface area contributed by atoms with Gasteiger partial charge in [-0.15, -0.1) is 11.3 Å². The number of aryl methyl sites for hydroxylation is 1. The van der Waals surface area contributed by atoms with E-state index in [4.69, 9.17) is 16.3 Å². The quantitative estimate of drug-likeness (QED) is 0.823. The lowest BCUT2D eigenvalue weighted by Crippen LogP contribution is -2.47. The molecule has 1 N–H and O–H groups in total. The zero-order valence-electron chi connectivity index (χ0n) is 15.3. The molecule has 6 nitrogen and oxygen atoms in total. The minimum Gasteiger partial charge on any atom is -0.479 e. The van der Waals surface area contributed by atoms with Gasteiger partial charge in [0.15, 0.2) is 6.10 Å². The molecule has 0 spiro atoms. The summed E-state index contributed by atoms with van der Waals surface area (Å²) in [6.07, 6.45) is 3.28. The maximum atomic E-state index is 12.7. The molecular formula is C20H18ClN3O3S. The number of carbonyl (C=O) groups excluding carboxylic acids is 2. The van der Waals surface area contributed by atoms with E-state index in [9.17, 15) is 14.9 Å². The van der Waals surface area contributed by atoms with Gasteiger partial charge in [0.1, 0.15) is 23.4 Å². The Balaban J connectivity index is 1.58. The van der Waals surface area contributed by atoms with E-state index in [1.165, 1.54) is 21.1 Å². The van der Waals surface area contributed by atoms with Crippen LogP contribution < -0.4 is 15.0 Å². The highest BCUT2D eigenvalue weighted by Gasteiger charge is 2.33. The van der Waals surface area contributed by atoms with Gasteiger partial charge in [-0.05, 0) is 56.4 Å². The van der Waals surface area contributed by atoms with Crippen LogP contribution in [0.4, 0.5) is 10.7 Å². The number of hydrogen-bond acceptors (Lipinski definition) is 5. The third-order valence-corrected chi connectivity index (χ3v) is 6.41. The van der Waals surface area contributed by atoms with E-state index in [1.807, 2.05) is 0 Å². The number of thiophene rings is 1. The molecule has 28 heavy (non-hydrogen) atoms. The highest BCUT2D eigenvalue weighted by atomic mass is 35.5. The van der Waals surface area contributed by atoms with E-state index < -0.39 is 6.10 Å². The first-order valence-electron chi connectivity index (χ1n) is 9.10. The largest absolute Gasteiger partial charge is 0.479 e. The first kappa shape index (κ1) is 18.8. The van der Waals surface area contributed by atoms with Gasteiger partial charge in [-0.25, -0.2) is 0 Å². The number of fused-ring (bicyclic) bond motifs is 2. The molecule has 2 aromatic rings. The van der Waals surface area contributed by atoms with Gasteiger partial charge in [-0.1, -0.05) is 11.6 Å². The summed E-state index contributed by atoms with van der Waals surface area (Å²) in [7, 11) is 0. The Labute approximate surface area is 171 Å². The number of ether oxygens (including phenoxy) is 1. The van der Waals surface area contributed by atoms with E-state index in [2.05, 4.69) is 11.4 Å². The second kappa shape index (κ2) is 7.46. The average molecular weight is 416 g/mol. The first-order valence-corrected chi connectivity index (χ1v) is 10.3. The SMILES string of the molecule is CC1Oc2ccc(Cl)cc2N(CC(=O)Nc2sc3c(c2C#N)CCCC3)C1=O. The number of rotatable bonds is 3. The molecule has 0 saturated carbocycles. The van der Waals surface area contributed by atoms with Crippen molar-refractivity contribution in [1.82, 2.24) is 0 Å². The van der Waals surface area contributed by atoms with Gasteiger partial charge >= 0.3 is 0 Å². The normalized spacial score (nSPS) is 18.0. The van der Waals surface area contributed by atoms with Crippen molar-refractivity contribution in [2.24, 2.45) is 0 Å². The molecule has 0 radical (unpaired) electrons. The van der Waals surface area contributed by atoms with Crippen molar-refractivity contribution in [3.05, 3.63) is 39.2 Å². The third kappa shape index (κ3) is 3.34. The molecule has 1 aromatic heterocycles. The van der Waals surface area contributed by atoms with E-state index in [0.717, 1.165) is 31.2 Å². The third-order valence-electron chi connectivity index (χ3n) is 4.97. The van der Waals surface area contributed by atoms with Crippen LogP contribution in [0.25, 0.3) is 0 Å². The molecule has 2 amide bonds. The number of nitriles is 1. The number of nitrogens with one attached hydrogen (secondary N) is 1. The molecule has 0 saturated heterocycles. The van der Waals surface area contributed by atoms with Gasteiger partial charge in [0.2, 0.25) is 5.91 Å². The minimum absolute atomic E-state index is 0.173. The van der Waals surface area contributed by atoms with Crippen molar-refractivity contribution < 1.29 is 14.3 Å². The van der Waals surface area contributed by atoms with Crippen LogP contribution >= 0.6 is 22.9 Å². The maximum absolute atomic E-state index is 12.7. The molecule has 2 heterocycles. The van der Waals surface area contributed by atoms with Crippen LogP contribution in [0.2, 0.25) is 5.02 Å². The van der Waals surface area contributed by atoms with Crippen molar-refractivity contribution in [2.75, 3.05) is 16.8 Å². The highest BCUT2D eigenvalue weighted by molar-refractivity contribution is 7.16. The van der Waals surface area contributed by atoms with E-state index in [1.54, 1.807) is 25.1 Å². The Bertz CT molecular complexity index is 1010. The number of halogens is 1. The van der Waals surface area contributed by atoms with Gasteiger partial charge in [0, 0.05) is 9.90 Å². The van der Waals surface area contributed by atoms with Crippen LogP contribution in [0.5, 0.6) is 5.75 Å². The van der Waals surface area contributed by atoms with E-state index in [-0.39, 0.29) is 18.4 Å². The summed E-state index contributed by atoms with van der Waals surface area (Å²) >= 11 is 7.52. The number of benzene rings is 1. The number of carbonyl (C=O) groups is 2. The van der Waals surface area contributed by atoms with Gasteiger partial charge in [0.05, 0.1) is 11.3 Å². The zero-order chi connectivity index (χ0) is 19.8. The Morgan fingerprint density at radius 2 is 2.21 bits per heavy atom. The van der Waals surface area contributed by atoms with Crippen molar-refractivity contribution in [1.29, 1.82) is 5.26 Å². The molecule has 1 atom stereocenters. The lowest BCUT2D eigenvalue weighted by Gasteiger charge is -2.32. The summed E-state index contributed by atoms with van der Waals surface area (Å²) in [5, 5.41) is 13.4. The average Bonchev–Trinajstić information content (AvgIpc) is 3.02. The van der Waals surface area contributed by atoms with Crippen LogP contribution in [0.3, 0.4) is 0 Å². The van der Waals surface area contributed by atoms with Crippen LogP contribution in [0.15, 0.2) is 18.2 Å². The monoisotopic (exact) mass is 415 g/mol. The molecule has 4 rings (SSSR count). The van der Waals surface area contributed by atoms with Crippen molar-refractivity contribution in [3.8, 4) is 11.8 Å². The molecular weight excluding hydrogens is 398 g/mol. The maximum Gasteiger partial charge on any atom is 0.268 e. The second-order valence-electron chi connectivity index (χ2n) is 6.87. The summed E-state index contributed by atoms with van der Waals surface area (Å²) in [6, 6.07) is 7.20. The molecule has 8 heteroatoms. The van der Waals surface area contributed by atoms with Crippen molar-refractivity contribution in [3.63, 3.8) is 0 Å². The lowest BCUT2D eigenvalue weighted by molar-refractivity contribution is -0.127. The predicted molar refractivity (Wildman–Crippen MR) is 108 cm³/mol. The van der Waals surface area contributed by atoms with E-state index >= 15 is 0 Å². The topological polar surface area (TPSA) is 82.4 Å². The standard InChI is InChI=1S/C20H18ClN3O3S/c1-11-20(26)24(15-8-12(21)6-7-16(15)27-11)10-18(25)23-19-14(9-22)13-4-2-3-5-17(13)28-19/h6-8,11H,2-5,10H2,1H3,(H,23,25). The molecule has 0 fully saturated rings. The first-order chi connectivity index (χ1) is 13.5. The summed E-state index contributed by atoms with van der Waals surface area (Å²) in [6.45, 7) is 1.47. The van der Waals surface area contributed by atoms with Gasteiger partial charge in [0.25, 0.3) is 5.91 Å². The summed E-state index contributed by atoms with van der Waals surface area (Å²) < 4.78 is 5.60. The number of amides is 2. The summed E-state index contributed by atoms with van der Waals surface area (Å²) in [4.78, 5) is 27.9. The van der Waals surface area contributed by atoms with Crippen LogP contribution in [-0.2, 0) is 22.4 Å². The number of hydrogen-bond donors (Lipinski definition) is 1. The Morgan fingerprint density at radius 1 is 1.43 bits per heavy atom.